The average molecular weight is 171 g/mol. The molecule has 0 atom stereocenters. The number of aromatic nitrogens is 1. The lowest BCUT2D eigenvalue weighted by Crippen LogP contribution is -1.87. The molecule has 0 radical (unpaired) electrons. The van der Waals surface area contributed by atoms with Gasteiger partial charge in [0, 0.05) is 17.8 Å². The van der Waals surface area contributed by atoms with Crippen molar-refractivity contribution < 1.29 is 0 Å². The van der Waals surface area contributed by atoms with Gasteiger partial charge in [-0.3, -0.25) is 4.98 Å². The number of fused-ring (bicyclic) bond motifs is 1. The number of nitrogens with zero attached hydrogens (tertiary/aromatic N) is 1. The Bertz CT molecular complexity index is 450. The van der Waals surface area contributed by atoms with Crippen LogP contribution in [0.5, 0.6) is 0 Å². The molecule has 2 aromatic rings. The van der Waals surface area contributed by atoms with E-state index in [0.29, 0.717) is 0 Å². The van der Waals surface area contributed by atoms with Crippen LogP contribution in [0.1, 0.15) is 16.7 Å². The van der Waals surface area contributed by atoms with Crippen LogP contribution in [-0.2, 0) is 0 Å². The molecule has 0 saturated heterocycles. The van der Waals surface area contributed by atoms with E-state index in [1.807, 2.05) is 12.4 Å². The smallest absolute Gasteiger partial charge is 0.0349 e. The van der Waals surface area contributed by atoms with Crippen LogP contribution >= 0.6 is 0 Å². The molecule has 1 aromatic carbocycles. The maximum Gasteiger partial charge on any atom is 0.0349 e. The lowest BCUT2D eigenvalue weighted by atomic mass is 10.00. The minimum Gasteiger partial charge on any atom is -0.264 e. The summed E-state index contributed by atoms with van der Waals surface area (Å²) in [6, 6.07) is 4.32. The first kappa shape index (κ1) is 8.24. The zero-order valence-electron chi connectivity index (χ0n) is 8.26. The van der Waals surface area contributed by atoms with Crippen molar-refractivity contribution in [3.8, 4) is 0 Å². The van der Waals surface area contributed by atoms with Crippen LogP contribution in [0.25, 0.3) is 10.8 Å². The highest BCUT2D eigenvalue weighted by molar-refractivity contribution is 5.90. The van der Waals surface area contributed by atoms with Gasteiger partial charge < -0.3 is 0 Å². The highest BCUT2D eigenvalue weighted by Gasteiger charge is 2.02. The Morgan fingerprint density at radius 3 is 2.23 bits per heavy atom. The molecule has 0 fully saturated rings. The number of hydrogen-bond acceptors (Lipinski definition) is 1. The molecule has 13 heavy (non-hydrogen) atoms. The van der Waals surface area contributed by atoms with Crippen molar-refractivity contribution in [2.75, 3.05) is 0 Å². The van der Waals surface area contributed by atoms with Crippen molar-refractivity contribution >= 4 is 10.8 Å². The maximum absolute atomic E-state index is 4.21. The summed E-state index contributed by atoms with van der Waals surface area (Å²) in [6.45, 7) is 6.39. The highest BCUT2D eigenvalue weighted by Crippen LogP contribution is 2.23. The molecular formula is C12H13N. The second-order valence-corrected chi connectivity index (χ2v) is 3.58. The maximum atomic E-state index is 4.21. The molecule has 1 heteroatoms. The summed E-state index contributed by atoms with van der Waals surface area (Å²) in [5, 5.41) is 2.63. The first-order valence-electron chi connectivity index (χ1n) is 4.50. The topological polar surface area (TPSA) is 12.9 Å². The summed E-state index contributed by atoms with van der Waals surface area (Å²) in [6.07, 6.45) is 3.87. The van der Waals surface area contributed by atoms with Gasteiger partial charge in [-0.05, 0) is 42.8 Å². The quantitative estimate of drug-likeness (QED) is 0.593. The van der Waals surface area contributed by atoms with Gasteiger partial charge in [0.05, 0.1) is 0 Å². The van der Waals surface area contributed by atoms with Crippen LogP contribution in [0.15, 0.2) is 24.5 Å². The van der Waals surface area contributed by atoms with Crippen LogP contribution < -0.4 is 0 Å². The SMILES string of the molecule is Cc1ccc(C)c2c(C)cncc12. The summed E-state index contributed by atoms with van der Waals surface area (Å²) in [5.74, 6) is 0. The van der Waals surface area contributed by atoms with Crippen molar-refractivity contribution in [3.63, 3.8) is 0 Å². The molecule has 2 rings (SSSR count). The Balaban J connectivity index is 3.00. The fourth-order valence-electron chi connectivity index (χ4n) is 1.81. The van der Waals surface area contributed by atoms with Crippen molar-refractivity contribution in [3.05, 3.63) is 41.2 Å². The fraction of sp³-hybridized carbons (Fsp3) is 0.250. The number of pyridine rings is 1. The Morgan fingerprint density at radius 1 is 0.846 bits per heavy atom. The average Bonchev–Trinajstić information content (AvgIpc) is 2.12. The molecule has 0 amide bonds. The molecular weight excluding hydrogens is 158 g/mol. The summed E-state index contributed by atoms with van der Waals surface area (Å²) in [7, 11) is 0. The van der Waals surface area contributed by atoms with Crippen molar-refractivity contribution in [2.45, 2.75) is 20.8 Å². The lowest BCUT2D eigenvalue weighted by Gasteiger charge is -2.07. The highest BCUT2D eigenvalue weighted by atomic mass is 14.6. The van der Waals surface area contributed by atoms with E-state index in [1.165, 1.54) is 27.5 Å². The largest absolute Gasteiger partial charge is 0.264 e. The van der Waals surface area contributed by atoms with Crippen LogP contribution in [0.4, 0.5) is 0 Å². The molecule has 0 aliphatic rings. The first-order valence-corrected chi connectivity index (χ1v) is 4.50. The summed E-state index contributed by atoms with van der Waals surface area (Å²) >= 11 is 0. The van der Waals surface area contributed by atoms with Crippen LogP contribution in [0, 0.1) is 20.8 Å². The molecule has 1 heterocycles. The van der Waals surface area contributed by atoms with Crippen LogP contribution in [-0.4, -0.2) is 4.98 Å². The van der Waals surface area contributed by atoms with Crippen molar-refractivity contribution in [1.29, 1.82) is 0 Å². The van der Waals surface area contributed by atoms with Crippen LogP contribution in [0.3, 0.4) is 0 Å². The van der Waals surface area contributed by atoms with Crippen LogP contribution in [0.2, 0.25) is 0 Å². The van der Waals surface area contributed by atoms with Crippen molar-refractivity contribution in [1.82, 2.24) is 4.98 Å². The Hall–Kier alpha value is -1.37. The van der Waals surface area contributed by atoms with E-state index in [-0.39, 0.29) is 0 Å². The van der Waals surface area contributed by atoms with Gasteiger partial charge in [0.15, 0.2) is 0 Å². The van der Waals surface area contributed by atoms with E-state index in [0.717, 1.165) is 0 Å². The summed E-state index contributed by atoms with van der Waals surface area (Å²) in [5.41, 5.74) is 3.90. The van der Waals surface area contributed by atoms with Gasteiger partial charge in [0.1, 0.15) is 0 Å². The van der Waals surface area contributed by atoms with Gasteiger partial charge >= 0.3 is 0 Å². The number of aryl methyl sites for hydroxylation is 3. The molecule has 1 aromatic heterocycles. The Kier molecular flexibility index (Phi) is 1.80. The second-order valence-electron chi connectivity index (χ2n) is 3.58. The zero-order chi connectivity index (χ0) is 9.42. The molecule has 0 aliphatic heterocycles. The third kappa shape index (κ3) is 1.21. The predicted molar refractivity (Wildman–Crippen MR) is 56.0 cm³/mol. The number of hydrogen-bond donors (Lipinski definition) is 0. The predicted octanol–water partition coefficient (Wildman–Crippen LogP) is 3.16. The monoisotopic (exact) mass is 171 g/mol. The molecule has 1 nitrogen and oxygen atoms in total. The number of rotatable bonds is 0. The van der Waals surface area contributed by atoms with Gasteiger partial charge in [0.25, 0.3) is 0 Å². The molecule has 0 N–H and O–H groups in total. The normalized spacial score (nSPS) is 10.7. The molecule has 0 saturated carbocycles. The van der Waals surface area contributed by atoms with Gasteiger partial charge in [-0.2, -0.15) is 0 Å². The fourth-order valence-corrected chi connectivity index (χ4v) is 1.81. The zero-order valence-corrected chi connectivity index (χ0v) is 8.26. The van der Waals surface area contributed by atoms with E-state index in [2.05, 4.69) is 37.9 Å². The minimum atomic E-state index is 1.26. The third-order valence-corrected chi connectivity index (χ3v) is 2.54. The van der Waals surface area contributed by atoms with E-state index < -0.39 is 0 Å². The van der Waals surface area contributed by atoms with Gasteiger partial charge in [-0.15, -0.1) is 0 Å². The summed E-state index contributed by atoms with van der Waals surface area (Å²) in [4.78, 5) is 4.21. The Morgan fingerprint density at radius 2 is 1.54 bits per heavy atom. The molecule has 0 aliphatic carbocycles. The van der Waals surface area contributed by atoms with Gasteiger partial charge in [0.2, 0.25) is 0 Å². The molecule has 0 unspecified atom stereocenters. The minimum absolute atomic E-state index is 1.26. The standard InChI is InChI=1S/C12H13N/c1-8-4-5-9(2)12-10(3)6-13-7-11(8)12/h4-7H,1-3H3. The third-order valence-electron chi connectivity index (χ3n) is 2.54. The van der Waals surface area contributed by atoms with E-state index in [1.54, 1.807) is 0 Å². The number of benzene rings is 1. The lowest BCUT2D eigenvalue weighted by molar-refractivity contribution is 1.29. The van der Waals surface area contributed by atoms with E-state index in [4.69, 9.17) is 0 Å². The Labute approximate surface area is 78.4 Å². The van der Waals surface area contributed by atoms with Gasteiger partial charge in [-0.1, -0.05) is 12.1 Å². The van der Waals surface area contributed by atoms with E-state index >= 15 is 0 Å². The van der Waals surface area contributed by atoms with E-state index in [9.17, 15) is 0 Å². The molecule has 0 spiro atoms. The van der Waals surface area contributed by atoms with Gasteiger partial charge in [-0.25, -0.2) is 0 Å². The second kappa shape index (κ2) is 2.84. The molecule has 66 valence electrons. The molecule has 0 bridgehead atoms. The van der Waals surface area contributed by atoms with Crippen molar-refractivity contribution in [2.24, 2.45) is 0 Å². The first-order chi connectivity index (χ1) is 6.20. The summed E-state index contributed by atoms with van der Waals surface area (Å²) < 4.78 is 0.